The average Bonchev–Trinajstić information content (AvgIpc) is 3.20. The van der Waals surface area contributed by atoms with Crippen LogP contribution in [0.5, 0.6) is 34.5 Å². The van der Waals surface area contributed by atoms with Crippen molar-refractivity contribution in [1.82, 2.24) is 0 Å². The van der Waals surface area contributed by atoms with E-state index in [0.29, 0.717) is 57.2 Å². The Morgan fingerprint density at radius 2 is 0.625 bits per heavy atom. The van der Waals surface area contributed by atoms with E-state index in [-0.39, 0.29) is 29.9 Å². The maximum Gasteiger partial charge on any atom is 0.343 e. The Kier molecular flexibility index (Phi) is 33.8. The highest BCUT2D eigenvalue weighted by atomic mass is 128. The third-order valence-corrected chi connectivity index (χ3v) is 11.8. The molecule has 9 aromatic carbocycles. The van der Waals surface area contributed by atoms with Crippen LogP contribution in [-0.2, 0) is 19.1 Å². The van der Waals surface area contributed by atoms with Crippen LogP contribution in [-0.4, -0.2) is 89.7 Å². The van der Waals surface area contributed by atoms with Crippen molar-refractivity contribution >= 4 is 96.0 Å². The van der Waals surface area contributed by atoms with Crippen LogP contribution in [0.1, 0.15) is 89.8 Å². The summed E-state index contributed by atoms with van der Waals surface area (Å²) in [6, 6.07) is 64.2. The number of halogens is 2. The van der Waals surface area contributed by atoms with Gasteiger partial charge >= 0.3 is 23.9 Å². The monoisotopic (exact) mass is 1420 g/mol. The van der Waals surface area contributed by atoms with Gasteiger partial charge in [-0.1, -0.05) is 72.8 Å². The zero-order chi connectivity index (χ0) is 64.8. The highest BCUT2D eigenvalue weighted by molar-refractivity contribution is 15.0. The third-order valence-electron chi connectivity index (χ3n) is 11.8. The van der Waals surface area contributed by atoms with Gasteiger partial charge in [0.05, 0.1) is 44.6 Å². The Morgan fingerprint density at radius 3 is 0.977 bits per heavy atom. The quantitative estimate of drug-likeness (QED) is 0.0289. The minimum absolute atomic E-state index is 0.00521. The summed E-state index contributed by atoms with van der Waals surface area (Å²) < 4.78 is 40.6. The molecular formula is C70H66I2O16. The van der Waals surface area contributed by atoms with Crippen LogP contribution in [0.2, 0.25) is 0 Å². The van der Waals surface area contributed by atoms with E-state index in [9.17, 15) is 33.6 Å². The molecule has 0 aliphatic carbocycles. The molecule has 18 heteroatoms. The molecule has 9 rings (SSSR count). The normalized spacial score (nSPS) is 9.57. The van der Waals surface area contributed by atoms with Crippen LogP contribution in [0.15, 0.2) is 218 Å². The van der Waals surface area contributed by atoms with Crippen molar-refractivity contribution in [2.75, 3.05) is 41.7 Å². The second-order valence-corrected chi connectivity index (χ2v) is 17.9. The number of carbonyl (C=O) groups is 8. The standard InChI is InChI=1S/C20H16O4.C19H18O6.C14H14O2.C10H10O3.C6H6.CH2O.I2/c1-13(21)14-5-8-18(9-6-14)24-20(22)17-4-3-16-12-19(23-2)10-7-15(16)11-17;1-13(20)14-7-9-17(10-8-14)25-19(22)16-5-3-15(4-6-16)18(21)24-12-11-23-2;1-15-13-7-3-11(4-8-13)12-5-9-14(16-2)10-6-12;1-7(11)9-3-5-10(6-4-9)13-8(2)12;1-2-4-6-5-3-1;2*1-2/h3-12H,1-2H3;3-10H,11-12H2,1-2H3;3-10H,1-2H3;3-6H,1-2H3;1-6H;1H2;. The summed E-state index contributed by atoms with van der Waals surface area (Å²) in [5, 5.41) is 1.91. The van der Waals surface area contributed by atoms with Crippen molar-refractivity contribution in [2.24, 2.45) is 0 Å². The molecule has 0 radical (unpaired) electrons. The Labute approximate surface area is 535 Å². The average molecular weight is 1420 g/mol. The van der Waals surface area contributed by atoms with Crippen molar-refractivity contribution in [2.45, 2.75) is 27.7 Å². The zero-order valence-corrected chi connectivity index (χ0v) is 54.0. The third kappa shape index (κ3) is 26.1. The fourth-order valence-corrected chi connectivity index (χ4v) is 7.24. The number of esters is 4. The second kappa shape index (κ2) is 40.8. The molecule has 0 saturated carbocycles. The molecule has 0 bridgehead atoms. The molecule has 0 amide bonds. The molecule has 0 N–H and O–H groups in total. The van der Waals surface area contributed by atoms with E-state index >= 15 is 0 Å². The van der Waals surface area contributed by atoms with E-state index < -0.39 is 17.9 Å². The van der Waals surface area contributed by atoms with Crippen LogP contribution in [0.25, 0.3) is 21.9 Å². The van der Waals surface area contributed by atoms with Gasteiger partial charge in [-0.3, -0.25) is 19.2 Å². The first-order chi connectivity index (χ1) is 42.5. The molecular weight excluding hydrogens is 1350 g/mol. The summed E-state index contributed by atoms with van der Waals surface area (Å²) in [6.45, 7) is 8.25. The number of benzene rings is 9. The van der Waals surface area contributed by atoms with Gasteiger partial charge in [0, 0.05) is 68.0 Å². The van der Waals surface area contributed by atoms with Crippen molar-refractivity contribution in [3.05, 3.63) is 252 Å². The van der Waals surface area contributed by atoms with E-state index in [1.807, 2.05) is 116 Å². The fraction of sp³-hybridized carbons (Fsp3) is 0.143. The van der Waals surface area contributed by atoms with E-state index in [1.165, 1.54) is 70.2 Å². The van der Waals surface area contributed by atoms with Gasteiger partial charge in [0.1, 0.15) is 47.9 Å². The molecule has 0 fully saturated rings. The lowest BCUT2D eigenvalue weighted by Crippen LogP contribution is -2.11. The first-order valence-corrected chi connectivity index (χ1v) is 32.8. The summed E-state index contributed by atoms with van der Waals surface area (Å²) in [5.74, 6) is 1.75. The Morgan fingerprint density at radius 1 is 0.330 bits per heavy atom. The molecule has 88 heavy (non-hydrogen) atoms. The van der Waals surface area contributed by atoms with Crippen LogP contribution in [0, 0.1) is 0 Å². The van der Waals surface area contributed by atoms with E-state index in [0.717, 1.165) is 28.0 Å². The number of hydrogen-bond acceptors (Lipinski definition) is 16. The van der Waals surface area contributed by atoms with Crippen LogP contribution >= 0.6 is 37.2 Å². The molecule has 0 heterocycles. The lowest BCUT2D eigenvalue weighted by molar-refractivity contribution is -0.131. The predicted octanol–water partition coefficient (Wildman–Crippen LogP) is 15.6. The van der Waals surface area contributed by atoms with Gasteiger partial charge in [-0.2, -0.15) is 0 Å². The minimum Gasteiger partial charge on any atom is -0.497 e. The SMILES string of the molecule is C=O.CC(=O)Oc1ccc(C(C)=O)cc1.COCCOC(=O)c1ccc(C(=O)Oc2ccc(C(C)=O)cc2)cc1.COc1ccc(-c2ccc(OC)cc2)cc1.COc1ccc2cc(C(=O)Oc3ccc(C(C)=O)cc3)ccc2c1.II.c1ccccc1. The maximum absolute atomic E-state index is 12.3. The van der Waals surface area contributed by atoms with Gasteiger partial charge in [0.15, 0.2) is 17.3 Å². The van der Waals surface area contributed by atoms with Gasteiger partial charge in [0.25, 0.3) is 0 Å². The molecule has 16 nitrogen and oxygen atoms in total. The second-order valence-electron chi connectivity index (χ2n) is 17.9. The first kappa shape index (κ1) is 72.9. The van der Waals surface area contributed by atoms with Gasteiger partial charge < -0.3 is 42.7 Å². The number of rotatable bonds is 16. The number of carbonyl (C=O) groups excluding carboxylic acids is 8. The van der Waals surface area contributed by atoms with Crippen molar-refractivity contribution in [1.29, 1.82) is 0 Å². The summed E-state index contributed by atoms with van der Waals surface area (Å²) >= 11 is 4.24. The number of methoxy groups -OCH3 is 4. The van der Waals surface area contributed by atoms with Gasteiger partial charge in [0.2, 0.25) is 0 Å². The van der Waals surface area contributed by atoms with Crippen LogP contribution in [0.3, 0.4) is 0 Å². The molecule has 0 aliphatic heterocycles. The van der Waals surface area contributed by atoms with Crippen molar-refractivity contribution in [3.8, 4) is 45.6 Å². The van der Waals surface area contributed by atoms with Crippen LogP contribution < -0.4 is 28.4 Å². The van der Waals surface area contributed by atoms with Gasteiger partial charge in [-0.15, -0.1) is 0 Å². The fourth-order valence-electron chi connectivity index (χ4n) is 7.24. The minimum atomic E-state index is -0.560. The van der Waals surface area contributed by atoms with Crippen molar-refractivity contribution < 1.29 is 76.3 Å². The molecule has 0 aromatic heterocycles. The first-order valence-electron chi connectivity index (χ1n) is 26.5. The summed E-state index contributed by atoms with van der Waals surface area (Å²) in [6.07, 6.45) is 0. The topological polar surface area (TPSA) is 210 Å². The Hall–Kier alpha value is -9.38. The molecule has 456 valence electrons. The number of ketones is 3. The Bertz CT molecular complexity index is 3520. The number of ether oxygens (including phenoxy) is 8. The number of Topliss-reactive ketones (excluding diaryl/α,β-unsaturated/α-hetero) is 3. The predicted molar refractivity (Wildman–Crippen MR) is 356 cm³/mol. The largest absolute Gasteiger partial charge is 0.497 e. The molecule has 9 aromatic rings. The highest BCUT2D eigenvalue weighted by Gasteiger charge is 2.14. The number of fused-ring (bicyclic) bond motifs is 1. The maximum atomic E-state index is 12.3. The number of hydrogen-bond donors (Lipinski definition) is 0. The summed E-state index contributed by atoms with van der Waals surface area (Å²) in [7, 11) is 6.47. The highest BCUT2D eigenvalue weighted by Crippen LogP contribution is 2.26. The summed E-state index contributed by atoms with van der Waals surface area (Å²) in [5.41, 5.74) is 5.15. The lowest BCUT2D eigenvalue weighted by atomic mass is 10.1. The van der Waals surface area contributed by atoms with Crippen LogP contribution in [0.4, 0.5) is 0 Å². The zero-order valence-electron chi connectivity index (χ0n) is 49.7. The van der Waals surface area contributed by atoms with Crippen molar-refractivity contribution in [3.63, 3.8) is 0 Å². The van der Waals surface area contributed by atoms with E-state index in [2.05, 4.69) is 37.2 Å². The van der Waals surface area contributed by atoms with Gasteiger partial charge in [-0.05, 0) is 188 Å². The smallest absolute Gasteiger partial charge is 0.343 e. The summed E-state index contributed by atoms with van der Waals surface area (Å²) in [4.78, 5) is 88.0. The van der Waals surface area contributed by atoms with Gasteiger partial charge in [-0.25, -0.2) is 14.4 Å². The Balaban J connectivity index is 0.000000298. The molecule has 0 unspecified atom stereocenters. The molecule has 0 spiro atoms. The molecule has 0 saturated heterocycles. The molecule has 0 atom stereocenters. The van der Waals surface area contributed by atoms with E-state index in [1.54, 1.807) is 106 Å². The molecule has 0 aliphatic rings. The van der Waals surface area contributed by atoms with E-state index in [4.69, 9.17) is 42.7 Å². The lowest BCUT2D eigenvalue weighted by Gasteiger charge is -2.07.